The molecule has 1 N–H and O–H groups in total. The summed E-state index contributed by atoms with van der Waals surface area (Å²) in [4.78, 5) is 24.3. The first-order valence-electron chi connectivity index (χ1n) is 7.65. The number of rotatable bonds is 5. The van der Waals surface area contributed by atoms with Crippen molar-refractivity contribution < 1.29 is 4.79 Å². The lowest BCUT2D eigenvalue weighted by Gasteiger charge is -2.17. The number of amides is 1. The van der Waals surface area contributed by atoms with Crippen LogP contribution in [0.3, 0.4) is 0 Å². The monoisotopic (exact) mass is 348 g/mol. The zero-order valence-electron chi connectivity index (χ0n) is 12.5. The standard InChI is InChI=1S/C17H17ClN2O2S/c18-14-6-2-1-4-11(14)8-9-19-17(21)13-10-23-16-12(13)5-3-7-15(16)20-22/h1-2,4,6,10,15H,3,5,7-9H2,(H,19,21). The lowest BCUT2D eigenvalue weighted by Crippen LogP contribution is -2.26. The van der Waals surface area contributed by atoms with E-state index in [1.165, 1.54) is 11.3 Å². The van der Waals surface area contributed by atoms with Gasteiger partial charge in [-0.2, -0.15) is 4.91 Å². The van der Waals surface area contributed by atoms with E-state index in [0.29, 0.717) is 18.5 Å². The van der Waals surface area contributed by atoms with Gasteiger partial charge in [0.2, 0.25) is 0 Å². The van der Waals surface area contributed by atoms with Gasteiger partial charge in [0.1, 0.15) is 6.04 Å². The summed E-state index contributed by atoms with van der Waals surface area (Å²) in [5.41, 5.74) is 2.71. The summed E-state index contributed by atoms with van der Waals surface area (Å²) in [7, 11) is 0. The van der Waals surface area contributed by atoms with E-state index in [-0.39, 0.29) is 11.9 Å². The fraction of sp³-hybridized carbons (Fsp3) is 0.353. The van der Waals surface area contributed by atoms with Crippen molar-refractivity contribution in [1.82, 2.24) is 5.32 Å². The van der Waals surface area contributed by atoms with Crippen LogP contribution < -0.4 is 5.32 Å². The molecule has 0 saturated carbocycles. The number of nitrogens with zero attached hydrogens (tertiary/aromatic N) is 1. The molecular weight excluding hydrogens is 332 g/mol. The van der Waals surface area contributed by atoms with Gasteiger partial charge in [-0.25, -0.2) is 0 Å². The minimum atomic E-state index is -0.284. The molecule has 1 aromatic carbocycles. The molecule has 1 aliphatic rings. The van der Waals surface area contributed by atoms with Crippen LogP contribution >= 0.6 is 22.9 Å². The molecule has 4 nitrogen and oxygen atoms in total. The van der Waals surface area contributed by atoms with E-state index < -0.39 is 0 Å². The molecular formula is C17H17ClN2O2S. The van der Waals surface area contributed by atoms with Gasteiger partial charge in [-0.3, -0.25) is 4.79 Å². The molecule has 1 amide bonds. The first kappa shape index (κ1) is 16.1. The molecule has 0 saturated heterocycles. The van der Waals surface area contributed by atoms with Gasteiger partial charge in [0.15, 0.2) is 0 Å². The summed E-state index contributed by atoms with van der Waals surface area (Å²) in [6, 6.07) is 7.35. The number of carbonyl (C=O) groups is 1. The van der Waals surface area contributed by atoms with Crippen molar-refractivity contribution in [3.05, 3.63) is 61.1 Å². The third-order valence-electron chi connectivity index (χ3n) is 4.14. The van der Waals surface area contributed by atoms with Gasteiger partial charge in [-0.15, -0.1) is 11.3 Å². The highest BCUT2D eigenvalue weighted by Crippen LogP contribution is 2.38. The summed E-state index contributed by atoms with van der Waals surface area (Å²) in [5, 5.41) is 8.69. The lowest BCUT2D eigenvalue weighted by molar-refractivity contribution is 0.0953. The summed E-state index contributed by atoms with van der Waals surface area (Å²) < 4.78 is 0. The van der Waals surface area contributed by atoms with Crippen molar-refractivity contribution in [3.63, 3.8) is 0 Å². The van der Waals surface area contributed by atoms with E-state index in [2.05, 4.69) is 10.5 Å². The van der Waals surface area contributed by atoms with Gasteiger partial charge in [-0.1, -0.05) is 35.0 Å². The fourth-order valence-electron chi connectivity index (χ4n) is 2.94. The minimum Gasteiger partial charge on any atom is -0.352 e. The maximum atomic E-state index is 12.4. The highest BCUT2D eigenvalue weighted by atomic mass is 35.5. The Labute approximate surface area is 143 Å². The minimum absolute atomic E-state index is 0.0823. The second kappa shape index (κ2) is 7.23. The number of benzene rings is 1. The Hall–Kier alpha value is -1.72. The molecule has 1 aromatic heterocycles. The van der Waals surface area contributed by atoms with Crippen LogP contribution in [0, 0.1) is 4.91 Å². The van der Waals surface area contributed by atoms with Crippen LogP contribution in [0.4, 0.5) is 0 Å². The Kier molecular flexibility index (Phi) is 5.08. The molecule has 3 rings (SSSR count). The maximum absolute atomic E-state index is 12.4. The Bertz CT molecular complexity index is 729. The molecule has 0 fully saturated rings. The number of hydrogen-bond donors (Lipinski definition) is 1. The molecule has 23 heavy (non-hydrogen) atoms. The topological polar surface area (TPSA) is 58.5 Å². The van der Waals surface area contributed by atoms with Crippen LogP contribution in [0.5, 0.6) is 0 Å². The molecule has 1 aliphatic carbocycles. The normalized spacial score (nSPS) is 16.7. The quantitative estimate of drug-likeness (QED) is 0.808. The first-order valence-corrected chi connectivity index (χ1v) is 8.90. The highest BCUT2D eigenvalue weighted by Gasteiger charge is 2.27. The third-order valence-corrected chi connectivity index (χ3v) is 5.64. The van der Waals surface area contributed by atoms with E-state index in [1.807, 2.05) is 29.6 Å². The predicted molar refractivity (Wildman–Crippen MR) is 93.3 cm³/mol. The van der Waals surface area contributed by atoms with E-state index in [0.717, 1.165) is 40.3 Å². The Balaban J connectivity index is 1.64. The van der Waals surface area contributed by atoms with Crippen molar-refractivity contribution in [2.45, 2.75) is 31.7 Å². The molecule has 120 valence electrons. The summed E-state index contributed by atoms with van der Waals surface area (Å²) in [6.07, 6.45) is 3.22. The number of carbonyl (C=O) groups excluding carboxylic acids is 1. The molecule has 0 aliphatic heterocycles. The number of fused-ring (bicyclic) bond motifs is 1. The van der Waals surface area contributed by atoms with Crippen LogP contribution in [0.15, 0.2) is 34.8 Å². The highest BCUT2D eigenvalue weighted by molar-refractivity contribution is 7.10. The summed E-state index contributed by atoms with van der Waals surface area (Å²) in [5.74, 6) is -0.0823. The third kappa shape index (κ3) is 3.46. The molecule has 1 heterocycles. The molecule has 2 aromatic rings. The maximum Gasteiger partial charge on any atom is 0.252 e. The largest absolute Gasteiger partial charge is 0.352 e. The van der Waals surface area contributed by atoms with Gasteiger partial charge < -0.3 is 5.32 Å². The van der Waals surface area contributed by atoms with Crippen LogP contribution in [0.25, 0.3) is 0 Å². The molecule has 0 spiro atoms. The van der Waals surface area contributed by atoms with Crippen LogP contribution in [0.1, 0.15) is 45.2 Å². The first-order chi connectivity index (χ1) is 11.2. The Morgan fingerprint density at radius 2 is 2.22 bits per heavy atom. The molecule has 1 atom stereocenters. The number of thiophene rings is 1. The van der Waals surface area contributed by atoms with Gasteiger partial charge in [-0.05, 0) is 42.9 Å². The van der Waals surface area contributed by atoms with E-state index in [1.54, 1.807) is 0 Å². The Morgan fingerprint density at radius 1 is 1.39 bits per heavy atom. The van der Waals surface area contributed by atoms with Crippen molar-refractivity contribution in [1.29, 1.82) is 0 Å². The van der Waals surface area contributed by atoms with Gasteiger partial charge in [0.25, 0.3) is 5.91 Å². The number of halogens is 1. The molecule has 1 unspecified atom stereocenters. The average molecular weight is 349 g/mol. The Morgan fingerprint density at radius 3 is 3.00 bits per heavy atom. The van der Waals surface area contributed by atoms with Crippen molar-refractivity contribution in [2.24, 2.45) is 5.18 Å². The second-order valence-corrected chi connectivity index (χ2v) is 6.92. The molecule has 0 bridgehead atoms. The van der Waals surface area contributed by atoms with Crippen molar-refractivity contribution in [3.8, 4) is 0 Å². The zero-order valence-corrected chi connectivity index (χ0v) is 14.1. The van der Waals surface area contributed by atoms with Crippen LogP contribution in [0.2, 0.25) is 5.02 Å². The molecule has 6 heteroatoms. The van der Waals surface area contributed by atoms with E-state index >= 15 is 0 Å². The molecule has 0 radical (unpaired) electrons. The van der Waals surface area contributed by atoms with Crippen LogP contribution in [-0.2, 0) is 12.8 Å². The fourth-order valence-corrected chi connectivity index (χ4v) is 4.33. The lowest BCUT2D eigenvalue weighted by atomic mass is 9.92. The SMILES string of the molecule is O=NC1CCCc2c(C(=O)NCCc3ccccc3Cl)csc21. The van der Waals surface area contributed by atoms with Gasteiger partial charge >= 0.3 is 0 Å². The summed E-state index contributed by atoms with van der Waals surface area (Å²) >= 11 is 7.58. The number of nitroso groups, excluding NO2 is 1. The number of hydrogen-bond acceptors (Lipinski definition) is 4. The van der Waals surface area contributed by atoms with Gasteiger partial charge in [0, 0.05) is 21.8 Å². The average Bonchev–Trinajstić information content (AvgIpc) is 3.00. The number of nitrogens with one attached hydrogen (secondary N) is 1. The van der Waals surface area contributed by atoms with E-state index in [9.17, 15) is 9.70 Å². The van der Waals surface area contributed by atoms with E-state index in [4.69, 9.17) is 11.6 Å². The zero-order chi connectivity index (χ0) is 16.2. The smallest absolute Gasteiger partial charge is 0.252 e. The predicted octanol–water partition coefficient (Wildman–Crippen LogP) is 4.52. The van der Waals surface area contributed by atoms with Crippen molar-refractivity contribution >= 4 is 28.8 Å². The van der Waals surface area contributed by atoms with Crippen molar-refractivity contribution in [2.75, 3.05) is 6.54 Å². The second-order valence-electron chi connectivity index (χ2n) is 5.60. The van der Waals surface area contributed by atoms with Gasteiger partial charge in [0.05, 0.1) is 5.56 Å². The summed E-state index contributed by atoms with van der Waals surface area (Å²) in [6.45, 7) is 0.530. The van der Waals surface area contributed by atoms with Crippen LogP contribution in [-0.4, -0.2) is 12.5 Å².